The molecule has 0 aliphatic carbocycles. The molecule has 30 heavy (non-hydrogen) atoms. The average molecular weight is 415 g/mol. The maximum Gasteiger partial charge on any atom is 0.255 e. The fraction of sp³-hybridized carbons (Fsp3) is 0.0833. The van der Waals surface area contributed by atoms with Gasteiger partial charge in [-0.1, -0.05) is 60.1 Å². The Bertz CT molecular complexity index is 1290. The van der Waals surface area contributed by atoms with Gasteiger partial charge in [-0.3, -0.25) is 9.36 Å². The fourth-order valence-electron chi connectivity index (χ4n) is 3.97. The molecule has 0 bridgehead atoms. The number of halogens is 1. The zero-order valence-corrected chi connectivity index (χ0v) is 17.0. The predicted molar refractivity (Wildman–Crippen MR) is 121 cm³/mol. The van der Waals surface area contributed by atoms with Crippen LogP contribution >= 0.6 is 11.6 Å². The lowest BCUT2D eigenvalue weighted by atomic mass is 9.94. The van der Waals surface area contributed by atoms with Gasteiger partial charge < -0.3 is 10.6 Å². The van der Waals surface area contributed by atoms with E-state index < -0.39 is 0 Å². The van der Waals surface area contributed by atoms with Crippen molar-refractivity contribution >= 4 is 40.2 Å². The number of nitrogens with one attached hydrogen (secondary N) is 2. The molecule has 5 rings (SSSR count). The van der Waals surface area contributed by atoms with Crippen LogP contribution in [-0.2, 0) is 4.79 Å². The van der Waals surface area contributed by atoms with Crippen molar-refractivity contribution in [3.63, 3.8) is 0 Å². The van der Waals surface area contributed by atoms with E-state index in [2.05, 4.69) is 15.2 Å². The summed E-state index contributed by atoms with van der Waals surface area (Å²) in [5.74, 6) is 0.543. The Hall–Kier alpha value is -3.57. The molecule has 2 heterocycles. The van der Waals surface area contributed by atoms with Crippen LogP contribution in [0.5, 0.6) is 0 Å². The summed E-state index contributed by atoms with van der Waals surface area (Å²) in [6, 6.07) is 24.8. The Morgan fingerprint density at radius 3 is 2.60 bits per heavy atom. The van der Waals surface area contributed by atoms with Gasteiger partial charge in [-0.25, -0.2) is 4.98 Å². The smallest absolute Gasteiger partial charge is 0.255 e. The van der Waals surface area contributed by atoms with Gasteiger partial charge in [0.15, 0.2) is 0 Å². The third-order valence-corrected chi connectivity index (χ3v) is 5.51. The van der Waals surface area contributed by atoms with Crippen molar-refractivity contribution in [1.29, 1.82) is 0 Å². The first-order valence-corrected chi connectivity index (χ1v) is 10.1. The molecule has 3 aromatic carbocycles. The van der Waals surface area contributed by atoms with Crippen LogP contribution in [0.15, 0.2) is 90.1 Å². The Morgan fingerprint density at radius 2 is 1.80 bits per heavy atom. The summed E-state index contributed by atoms with van der Waals surface area (Å²) in [5, 5.41) is 6.89. The number of rotatable bonds is 3. The highest BCUT2D eigenvalue weighted by Crippen LogP contribution is 2.39. The lowest BCUT2D eigenvalue weighted by molar-refractivity contribution is -0.113. The van der Waals surface area contributed by atoms with Gasteiger partial charge in [0.2, 0.25) is 5.95 Å². The molecule has 1 atom stereocenters. The number of benzene rings is 3. The molecule has 6 heteroatoms. The molecule has 0 saturated carbocycles. The Morgan fingerprint density at radius 1 is 1.03 bits per heavy atom. The van der Waals surface area contributed by atoms with Gasteiger partial charge >= 0.3 is 0 Å². The summed E-state index contributed by atoms with van der Waals surface area (Å²) >= 11 is 6.10. The van der Waals surface area contributed by atoms with Gasteiger partial charge in [-0.15, -0.1) is 0 Å². The first-order valence-electron chi connectivity index (χ1n) is 9.68. The van der Waals surface area contributed by atoms with Crippen molar-refractivity contribution in [2.75, 3.05) is 10.6 Å². The largest absolute Gasteiger partial charge is 0.329 e. The lowest BCUT2D eigenvalue weighted by Gasteiger charge is -2.30. The van der Waals surface area contributed by atoms with Crippen molar-refractivity contribution < 1.29 is 4.79 Å². The minimum Gasteiger partial charge on any atom is -0.329 e. The van der Waals surface area contributed by atoms with E-state index in [1.54, 1.807) is 12.1 Å². The number of carbonyl (C=O) groups excluding carboxylic acids is 1. The van der Waals surface area contributed by atoms with Gasteiger partial charge in [0, 0.05) is 16.4 Å². The zero-order chi connectivity index (χ0) is 20.7. The summed E-state index contributed by atoms with van der Waals surface area (Å²) < 4.78 is 2.09. The molecule has 0 fully saturated rings. The Labute approximate surface area is 179 Å². The molecule has 1 aliphatic heterocycles. The summed E-state index contributed by atoms with van der Waals surface area (Å²) in [7, 11) is 0. The molecular formula is C24H19ClN4O. The van der Waals surface area contributed by atoms with E-state index >= 15 is 0 Å². The molecule has 2 N–H and O–H groups in total. The van der Waals surface area contributed by atoms with Crippen molar-refractivity contribution in [3.05, 3.63) is 101 Å². The predicted octanol–water partition coefficient (Wildman–Crippen LogP) is 5.62. The quantitative estimate of drug-likeness (QED) is 0.457. The Kier molecular flexibility index (Phi) is 4.52. The van der Waals surface area contributed by atoms with Gasteiger partial charge in [-0.2, -0.15) is 0 Å². The van der Waals surface area contributed by atoms with Gasteiger partial charge in [-0.05, 0) is 42.8 Å². The van der Waals surface area contributed by atoms with Crippen molar-refractivity contribution in [3.8, 4) is 0 Å². The molecule has 0 spiro atoms. The molecule has 0 radical (unpaired) electrons. The number of aromatic nitrogens is 2. The number of hydrogen-bond donors (Lipinski definition) is 2. The molecule has 1 aliphatic rings. The van der Waals surface area contributed by atoms with Crippen LogP contribution in [0.25, 0.3) is 11.0 Å². The van der Waals surface area contributed by atoms with Crippen LogP contribution in [0.1, 0.15) is 18.5 Å². The summed E-state index contributed by atoms with van der Waals surface area (Å²) in [5.41, 5.74) is 4.92. The highest BCUT2D eigenvalue weighted by Gasteiger charge is 2.34. The van der Waals surface area contributed by atoms with Crippen LogP contribution in [0.3, 0.4) is 0 Å². The number of amides is 1. The van der Waals surface area contributed by atoms with E-state index in [0.29, 0.717) is 16.3 Å². The zero-order valence-electron chi connectivity index (χ0n) is 16.3. The maximum atomic E-state index is 13.5. The number of carbonyl (C=O) groups is 1. The first kappa shape index (κ1) is 18.5. The van der Waals surface area contributed by atoms with Crippen LogP contribution in [0.2, 0.25) is 5.02 Å². The van der Waals surface area contributed by atoms with Crippen molar-refractivity contribution in [2.45, 2.75) is 13.0 Å². The highest BCUT2D eigenvalue weighted by molar-refractivity contribution is 6.31. The van der Waals surface area contributed by atoms with E-state index in [9.17, 15) is 4.79 Å². The summed E-state index contributed by atoms with van der Waals surface area (Å²) in [6.45, 7) is 1.91. The molecule has 5 nitrogen and oxygen atoms in total. The minimum absolute atomic E-state index is 0.181. The van der Waals surface area contributed by atoms with E-state index in [0.717, 1.165) is 28.2 Å². The second-order valence-corrected chi connectivity index (χ2v) is 7.67. The van der Waals surface area contributed by atoms with Gasteiger partial charge in [0.1, 0.15) is 0 Å². The maximum absolute atomic E-state index is 13.5. The number of nitrogens with zero attached hydrogens (tertiary/aromatic N) is 2. The van der Waals surface area contributed by atoms with E-state index in [1.165, 1.54) is 0 Å². The second kappa shape index (κ2) is 7.35. The number of hydrogen-bond acceptors (Lipinski definition) is 3. The van der Waals surface area contributed by atoms with E-state index in [1.807, 2.05) is 73.7 Å². The van der Waals surface area contributed by atoms with Crippen LogP contribution < -0.4 is 10.6 Å². The molecule has 1 amide bonds. The number of allylic oxidation sites excluding steroid dienone is 1. The normalized spacial score (nSPS) is 15.6. The van der Waals surface area contributed by atoms with E-state index in [-0.39, 0.29) is 11.9 Å². The summed E-state index contributed by atoms with van der Waals surface area (Å²) in [4.78, 5) is 18.2. The number of imidazole rings is 1. The van der Waals surface area contributed by atoms with Gasteiger partial charge in [0.05, 0.1) is 22.6 Å². The van der Waals surface area contributed by atoms with Gasteiger partial charge in [0.25, 0.3) is 5.91 Å². The molecule has 0 unspecified atom stereocenters. The molecule has 148 valence electrons. The molecule has 0 saturated heterocycles. The van der Waals surface area contributed by atoms with Crippen LogP contribution in [0.4, 0.5) is 11.6 Å². The van der Waals surface area contributed by atoms with Crippen molar-refractivity contribution in [2.24, 2.45) is 0 Å². The monoisotopic (exact) mass is 414 g/mol. The fourth-order valence-corrected chi connectivity index (χ4v) is 4.16. The second-order valence-electron chi connectivity index (χ2n) is 7.24. The highest BCUT2D eigenvalue weighted by atomic mass is 35.5. The van der Waals surface area contributed by atoms with E-state index in [4.69, 9.17) is 16.6 Å². The van der Waals surface area contributed by atoms with Crippen molar-refractivity contribution in [1.82, 2.24) is 9.55 Å². The topological polar surface area (TPSA) is 59.0 Å². The first-order chi connectivity index (χ1) is 14.6. The molecule has 1 aromatic heterocycles. The minimum atomic E-state index is -0.311. The SMILES string of the molecule is CC1=C(C(=O)Nc2cccc(Cl)c2)[C@H](c2ccccc2)n2c(nc3ccccc32)N1. The van der Waals surface area contributed by atoms with Crippen LogP contribution in [-0.4, -0.2) is 15.5 Å². The Balaban J connectivity index is 1.66. The van der Waals surface area contributed by atoms with Crippen LogP contribution in [0, 0.1) is 0 Å². The number of anilines is 2. The molecular weight excluding hydrogens is 396 g/mol. The number of fused-ring (bicyclic) bond motifs is 3. The number of para-hydroxylation sites is 2. The average Bonchev–Trinajstić information content (AvgIpc) is 3.11. The lowest BCUT2D eigenvalue weighted by Crippen LogP contribution is -2.30. The molecule has 4 aromatic rings. The standard InChI is InChI=1S/C24H19ClN4O/c1-15-21(23(30)27-18-11-7-10-17(25)14-18)22(16-8-3-2-4-9-16)29-20-13-6-5-12-19(20)28-24(29)26-15/h2-14,22H,1H3,(H,26,28)(H,27,30)/t22-/m0/s1. The third-order valence-electron chi connectivity index (χ3n) is 5.27. The third kappa shape index (κ3) is 3.13. The summed E-state index contributed by atoms with van der Waals surface area (Å²) in [6.07, 6.45) is 0.